The van der Waals surface area contributed by atoms with E-state index < -0.39 is 20.0 Å². The maximum atomic E-state index is 13.1. The van der Waals surface area contributed by atoms with Gasteiger partial charge in [0.25, 0.3) is 0 Å². The zero-order chi connectivity index (χ0) is 66.9. The molecule has 92 heavy (non-hydrogen) atoms. The molecule has 0 saturated carbocycles. The van der Waals surface area contributed by atoms with Gasteiger partial charge in [0.1, 0.15) is 13.2 Å². The van der Waals surface area contributed by atoms with E-state index in [-0.39, 0.29) is 19.1 Å². The minimum atomic E-state index is -4.38. The van der Waals surface area contributed by atoms with Crippen LogP contribution >= 0.6 is 7.82 Å². The first-order chi connectivity index (χ1) is 45.0. The van der Waals surface area contributed by atoms with E-state index in [0.717, 1.165) is 116 Å². The van der Waals surface area contributed by atoms with E-state index in [1.54, 1.807) is 6.08 Å². The number of phosphoric ester groups is 1. The number of quaternary nitrogens is 1. The van der Waals surface area contributed by atoms with Crippen LogP contribution in [0.3, 0.4) is 0 Å². The van der Waals surface area contributed by atoms with E-state index in [1.165, 1.54) is 173 Å². The highest BCUT2D eigenvalue weighted by atomic mass is 31.2. The number of carbonyl (C=O) groups excluding carboxylic acids is 1. The first-order valence-corrected chi connectivity index (χ1v) is 39.4. The van der Waals surface area contributed by atoms with Gasteiger partial charge < -0.3 is 19.8 Å². The van der Waals surface area contributed by atoms with E-state index in [0.29, 0.717) is 17.4 Å². The molecule has 0 rings (SSSR count). The maximum absolute atomic E-state index is 13.1. The highest BCUT2D eigenvalue weighted by Gasteiger charge is 2.28. The standard InChI is InChI=1S/C83H143N2O6P/c1-6-8-10-12-14-16-18-20-22-24-26-28-30-32-34-36-37-38-39-40-41-42-43-44-45-46-47-49-51-53-55-57-59-61-63-65-67-69-71-73-75-77-83(87)84-81(80-91-92(88,89)90-79-78-85(3,4)5)82(86)76-74-72-70-68-66-64-62-60-58-56-54-52-50-48-35-33-31-29-27-25-23-21-19-17-15-13-11-9-7-2/h8,10,14,16,20,22,26,28,32,34,37-38,40-41,43-44,46-47,51,53,58,60,66,68,74,76,81-82,86H,6-7,9,11-13,15,17-19,21,23-25,27,29-31,33,35-36,39,42,45,48-50,52,54-57,59,61-65,67,69-73,75,77-80H2,1-5H3,(H-,84,87,88,89)/p+1/b10-8-,16-14-,22-20-,28-26-,34-32-,38-37-,41-40-,44-43-,47-46-,53-51-,60-58+,68-66+,76-74+. The quantitative estimate of drug-likeness (QED) is 0.0243. The smallest absolute Gasteiger partial charge is 0.387 e. The summed E-state index contributed by atoms with van der Waals surface area (Å²) in [6.45, 7) is 4.68. The molecule has 1 amide bonds. The van der Waals surface area contributed by atoms with Crippen molar-refractivity contribution in [3.63, 3.8) is 0 Å². The lowest BCUT2D eigenvalue weighted by molar-refractivity contribution is -0.870. The number of rotatable bonds is 68. The van der Waals surface area contributed by atoms with Crippen molar-refractivity contribution in [2.75, 3.05) is 40.9 Å². The number of nitrogens with zero attached hydrogens (tertiary/aromatic N) is 1. The topological polar surface area (TPSA) is 105 Å². The van der Waals surface area contributed by atoms with Gasteiger partial charge in [0.2, 0.25) is 5.91 Å². The zero-order valence-electron chi connectivity index (χ0n) is 60.2. The lowest BCUT2D eigenvalue weighted by atomic mass is 10.0. The summed E-state index contributed by atoms with van der Waals surface area (Å²) in [5, 5.41) is 14.0. The fourth-order valence-corrected chi connectivity index (χ4v) is 11.1. The molecule has 0 aromatic heterocycles. The second kappa shape index (κ2) is 71.4. The molecule has 0 aromatic rings. The summed E-state index contributed by atoms with van der Waals surface area (Å²) in [7, 11) is 1.53. The average Bonchev–Trinajstić information content (AvgIpc) is 2.63. The van der Waals surface area contributed by atoms with E-state index in [4.69, 9.17) is 9.05 Å². The molecule has 0 heterocycles. The highest BCUT2D eigenvalue weighted by Crippen LogP contribution is 2.43. The number of aliphatic hydroxyl groups excluding tert-OH is 1. The Morgan fingerprint density at radius 1 is 0.380 bits per heavy atom. The Morgan fingerprint density at radius 3 is 1.00 bits per heavy atom. The summed E-state index contributed by atoms with van der Waals surface area (Å²) >= 11 is 0. The Morgan fingerprint density at radius 2 is 0.663 bits per heavy atom. The molecule has 9 heteroatoms. The van der Waals surface area contributed by atoms with Crippen LogP contribution in [0.4, 0.5) is 0 Å². The molecule has 3 atom stereocenters. The van der Waals surface area contributed by atoms with E-state index in [9.17, 15) is 19.4 Å². The molecule has 0 radical (unpaired) electrons. The fraction of sp³-hybridized carbons (Fsp3) is 0.675. The number of carbonyl (C=O) groups is 1. The summed E-state index contributed by atoms with van der Waals surface area (Å²) in [6.07, 6.45) is 111. The van der Waals surface area contributed by atoms with Gasteiger partial charge in [-0.25, -0.2) is 4.57 Å². The van der Waals surface area contributed by atoms with Gasteiger partial charge >= 0.3 is 7.82 Å². The summed E-state index contributed by atoms with van der Waals surface area (Å²) in [4.78, 5) is 23.5. The van der Waals surface area contributed by atoms with Crippen LogP contribution < -0.4 is 5.32 Å². The SMILES string of the molecule is CC/C=C\C/C=C\C/C=C\C/C=C\C/C=C\C/C=C\C/C=C\C/C=C\C/C=C\C/C=C\CCCCCCCCCCCCC(=O)NC(COP(=O)(O)OCC[N+](C)(C)C)C(O)/C=C/CC/C=C/CC/C=C/CCCCCCCCCCCCCCCCCCCCC. The molecule has 0 saturated heterocycles. The molecular formula is C83H144N2O6P+. The highest BCUT2D eigenvalue weighted by molar-refractivity contribution is 7.47. The molecule has 526 valence electrons. The zero-order valence-corrected chi connectivity index (χ0v) is 61.1. The van der Waals surface area contributed by atoms with Gasteiger partial charge in [-0.3, -0.25) is 13.8 Å². The van der Waals surface area contributed by atoms with Crippen molar-refractivity contribution in [1.29, 1.82) is 0 Å². The predicted molar refractivity (Wildman–Crippen MR) is 405 cm³/mol. The van der Waals surface area contributed by atoms with Gasteiger partial charge in [-0.05, 0) is 122 Å². The molecule has 0 spiro atoms. The monoisotopic (exact) mass is 1300 g/mol. The second-order valence-corrected chi connectivity index (χ2v) is 27.7. The number of aliphatic hydroxyl groups is 1. The van der Waals surface area contributed by atoms with Crippen LogP contribution in [0.15, 0.2) is 158 Å². The van der Waals surface area contributed by atoms with Crippen molar-refractivity contribution >= 4 is 13.7 Å². The Labute approximate surface area is 569 Å². The number of nitrogens with one attached hydrogen (secondary N) is 1. The van der Waals surface area contributed by atoms with Crippen molar-refractivity contribution in [3.05, 3.63) is 158 Å². The van der Waals surface area contributed by atoms with Crippen molar-refractivity contribution in [2.45, 2.75) is 321 Å². The Kier molecular flexibility index (Phi) is 68.4. The third kappa shape index (κ3) is 73.5. The molecule has 0 bridgehead atoms. The van der Waals surface area contributed by atoms with Crippen LogP contribution in [0.2, 0.25) is 0 Å². The summed E-state index contributed by atoms with van der Waals surface area (Å²) in [5.41, 5.74) is 0. The molecule has 0 aliphatic heterocycles. The molecule has 3 N–H and O–H groups in total. The summed E-state index contributed by atoms with van der Waals surface area (Å²) in [6, 6.07) is -0.885. The Balaban J connectivity index is 4.15. The molecule has 8 nitrogen and oxygen atoms in total. The summed E-state index contributed by atoms with van der Waals surface area (Å²) in [5.74, 6) is -0.199. The minimum absolute atomic E-state index is 0.0456. The van der Waals surface area contributed by atoms with Crippen LogP contribution in [-0.4, -0.2) is 73.4 Å². The molecule has 3 unspecified atom stereocenters. The molecule has 0 aliphatic carbocycles. The van der Waals surface area contributed by atoms with E-state index >= 15 is 0 Å². The van der Waals surface area contributed by atoms with Crippen LogP contribution in [0, 0.1) is 0 Å². The van der Waals surface area contributed by atoms with Gasteiger partial charge in [-0.15, -0.1) is 0 Å². The molecule has 0 fully saturated rings. The summed E-state index contributed by atoms with van der Waals surface area (Å²) < 4.78 is 23.8. The van der Waals surface area contributed by atoms with Crippen LogP contribution in [-0.2, 0) is 18.4 Å². The number of hydrogen-bond donors (Lipinski definition) is 3. The van der Waals surface area contributed by atoms with Crippen molar-refractivity contribution < 1.29 is 32.9 Å². The number of likely N-dealkylation sites (N-methyl/N-ethyl adjacent to an activating group) is 1. The first-order valence-electron chi connectivity index (χ1n) is 37.9. The van der Waals surface area contributed by atoms with Crippen molar-refractivity contribution in [1.82, 2.24) is 5.32 Å². The Hall–Kier alpha value is -3.88. The lowest BCUT2D eigenvalue weighted by Gasteiger charge is -2.25. The van der Waals surface area contributed by atoms with Crippen molar-refractivity contribution in [3.8, 4) is 0 Å². The minimum Gasteiger partial charge on any atom is -0.387 e. The maximum Gasteiger partial charge on any atom is 0.472 e. The van der Waals surface area contributed by atoms with Gasteiger partial charge in [0.15, 0.2) is 0 Å². The van der Waals surface area contributed by atoms with E-state index in [1.807, 2.05) is 27.2 Å². The number of hydrogen-bond acceptors (Lipinski definition) is 5. The van der Waals surface area contributed by atoms with E-state index in [2.05, 4.69) is 165 Å². The average molecular weight is 1300 g/mol. The first kappa shape index (κ1) is 88.1. The molecule has 0 aromatic carbocycles. The number of unbranched alkanes of at least 4 members (excludes halogenated alkanes) is 31. The largest absolute Gasteiger partial charge is 0.472 e. The van der Waals surface area contributed by atoms with Crippen LogP contribution in [0.1, 0.15) is 309 Å². The third-order valence-corrected chi connectivity index (χ3v) is 17.2. The van der Waals surface area contributed by atoms with Gasteiger partial charge in [0.05, 0.1) is 39.9 Å². The third-order valence-electron chi connectivity index (χ3n) is 16.2. The lowest BCUT2D eigenvalue weighted by Crippen LogP contribution is -2.45. The van der Waals surface area contributed by atoms with Crippen LogP contribution in [0.25, 0.3) is 0 Å². The second-order valence-electron chi connectivity index (χ2n) is 26.3. The molecular weight excluding hydrogens is 1150 g/mol. The van der Waals surface area contributed by atoms with Crippen molar-refractivity contribution in [2.24, 2.45) is 0 Å². The fourth-order valence-electron chi connectivity index (χ4n) is 10.4. The number of amides is 1. The molecule has 0 aliphatic rings. The van der Waals surface area contributed by atoms with Gasteiger partial charge in [0, 0.05) is 6.42 Å². The van der Waals surface area contributed by atoms with Gasteiger partial charge in [-0.2, -0.15) is 0 Å². The van der Waals surface area contributed by atoms with Crippen LogP contribution in [0.5, 0.6) is 0 Å². The van der Waals surface area contributed by atoms with Gasteiger partial charge in [-0.1, -0.05) is 339 Å². The number of phosphoric acid groups is 1. The number of allylic oxidation sites excluding steroid dienone is 25. The Bertz CT molecular complexity index is 2060. The normalized spacial score (nSPS) is 14.5. The predicted octanol–water partition coefficient (Wildman–Crippen LogP) is 24.9.